The molecule has 2 N–H and O–H groups in total. The van der Waals surface area contributed by atoms with Crippen LogP contribution in [0.25, 0.3) is 10.9 Å². The van der Waals surface area contributed by atoms with Gasteiger partial charge in [-0.2, -0.15) is 0 Å². The highest BCUT2D eigenvalue weighted by Crippen LogP contribution is 2.23. The minimum Gasteiger partial charge on any atom is -0.322 e. The van der Waals surface area contributed by atoms with E-state index >= 15 is 0 Å². The fraction of sp³-hybridized carbons (Fsp3) is 0.0500. The number of nitrogens with one attached hydrogen (secondary N) is 2. The van der Waals surface area contributed by atoms with Gasteiger partial charge in [0.05, 0.1) is 16.0 Å². The summed E-state index contributed by atoms with van der Waals surface area (Å²) in [5, 5.41) is 5.02. The number of anilines is 2. The monoisotopic (exact) mass is 442 g/mol. The first-order valence-electron chi connectivity index (χ1n) is 8.72. The zero-order chi connectivity index (χ0) is 21.3. The number of halogens is 1. The van der Waals surface area contributed by atoms with Crippen LogP contribution < -0.4 is 10.0 Å². The number of aromatic nitrogens is 2. The Bertz CT molecular complexity index is 1340. The van der Waals surface area contributed by atoms with Gasteiger partial charge in [0.2, 0.25) is 0 Å². The van der Waals surface area contributed by atoms with Crippen LogP contribution in [-0.4, -0.2) is 24.3 Å². The van der Waals surface area contributed by atoms with Crippen LogP contribution in [0.15, 0.2) is 65.0 Å². The third-order valence-electron chi connectivity index (χ3n) is 4.22. The number of aryl methyl sites for hydroxylation is 1. The Morgan fingerprint density at radius 3 is 2.57 bits per heavy atom. The molecule has 0 fully saturated rings. The lowest BCUT2D eigenvalue weighted by Gasteiger charge is -2.10. The number of carbonyl (C=O) groups excluding carboxylic acids is 1. The van der Waals surface area contributed by atoms with Crippen molar-refractivity contribution in [3.05, 3.63) is 77.2 Å². The quantitative estimate of drug-likeness (QED) is 0.483. The average molecular weight is 442 g/mol. The number of thiazole rings is 1. The molecule has 10 heteroatoms. The van der Waals surface area contributed by atoms with E-state index in [0.29, 0.717) is 22.3 Å². The van der Waals surface area contributed by atoms with Crippen LogP contribution in [-0.2, 0) is 10.0 Å². The Hall–Kier alpha value is -3.37. The Balaban J connectivity index is 1.57. The maximum Gasteiger partial charge on any atom is 0.263 e. The first-order valence-corrected chi connectivity index (χ1v) is 11.1. The lowest BCUT2D eigenvalue weighted by atomic mass is 10.1. The molecule has 0 radical (unpaired) electrons. The fourth-order valence-corrected chi connectivity index (χ4v) is 4.67. The van der Waals surface area contributed by atoms with Crippen molar-refractivity contribution >= 4 is 49.0 Å². The van der Waals surface area contributed by atoms with Gasteiger partial charge in [0.1, 0.15) is 5.82 Å². The van der Waals surface area contributed by atoms with E-state index in [0.717, 1.165) is 0 Å². The number of nitrogens with zero attached hydrogens (tertiary/aromatic N) is 2. The van der Waals surface area contributed by atoms with Crippen molar-refractivity contribution in [2.45, 2.75) is 11.8 Å². The number of benzene rings is 2. The third kappa shape index (κ3) is 4.14. The molecule has 0 saturated heterocycles. The van der Waals surface area contributed by atoms with Gasteiger partial charge in [-0.05, 0) is 55.5 Å². The van der Waals surface area contributed by atoms with Gasteiger partial charge in [0.15, 0.2) is 5.13 Å². The minimum absolute atomic E-state index is 0.0305. The average Bonchev–Trinajstić information content (AvgIpc) is 3.20. The summed E-state index contributed by atoms with van der Waals surface area (Å²) >= 11 is 1.17. The standard InChI is InChI=1S/C20H15FN4O3S2/c1-12-10-17(16-11-13(21)2-7-18(16)23-12)19(26)24-14-3-5-15(6-4-14)30(27,28)25-20-22-8-9-29-20/h2-11H,1H3,(H,22,25)(H,24,26). The molecule has 0 bridgehead atoms. The maximum atomic E-state index is 13.7. The van der Waals surface area contributed by atoms with E-state index in [1.165, 1.54) is 60.0 Å². The van der Waals surface area contributed by atoms with E-state index in [2.05, 4.69) is 20.0 Å². The van der Waals surface area contributed by atoms with Gasteiger partial charge in [-0.15, -0.1) is 11.3 Å². The molecular weight excluding hydrogens is 427 g/mol. The summed E-state index contributed by atoms with van der Waals surface area (Å²) in [6.07, 6.45) is 1.50. The van der Waals surface area contributed by atoms with E-state index in [1.807, 2.05) is 0 Å². The predicted octanol–water partition coefficient (Wildman–Crippen LogP) is 4.19. The maximum absolute atomic E-state index is 13.7. The molecule has 0 aliphatic heterocycles. The van der Waals surface area contributed by atoms with E-state index < -0.39 is 21.7 Å². The number of fused-ring (bicyclic) bond motifs is 1. The lowest BCUT2D eigenvalue weighted by Crippen LogP contribution is -2.14. The molecule has 2 heterocycles. The normalized spacial score (nSPS) is 11.4. The molecule has 0 spiro atoms. The molecule has 7 nitrogen and oxygen atoms in total. The van der Waals surface area contributed by atoms with Crippen LogP contribution in [0, 0.1) is 12.7 Å². The first kappa shape index (κ1) is 19.9. The lowest BCUT2D eigenvalue weighted by molar-refractivity contribution is 0.102. The molecule has 0 aliphatic carbocycles. The molecule has 0 saturated carbocycles. The van der Waals surface area contributed by atoms with Crippen molar-refractivity contribution < 1.29 is 17.6 Å². The number of amides is 1. The topological polar surface area (TPSA) is 101 Å². The zero-order valence-corrected chi connectivity index (χ0v) is 17.2. The van der Waals surface area contributed by atoms with E-state index in [-0.39, 0.29) is 15.6 Å². The SMILES string of the molecule is Cc1cc(C(=O)Nc2ccc(S(=O)(=O)Nc3nccs3)cc2)c2cc(F)ccc2n1. The molecule has 0 aliphatic rings. The summed E-state index contributed by atoms with van der Waals surface area (Å²) in [5.41, 5.74) is 1.80. The van der Waals surface area contributed by atoms with Crippen LogP contribution in [0.5, 0.6) is 0 Å². The van der Waals surface area contributed by atoms with E-state index in [9.17, 15) is 17.6 Å². The second kappa shape index (κ2) is 7.81. The second-order valence-corrected chi connectivity index (χ2v) is 8.97. The molecule has 30 heavy (non-hydrogen) atoms. The minimum atomic E-state index is -3.78. The Morgan fingerprint density at radius 1 is 1.10 bits per heavy atom. The summed E-state index contributed by atoms with van der Waals surface area (Å²) in [5.74, 6) is -0.919. The fourth-order valence-electron chi connectivity index (χ4n) is 2.88. The van der Waals surface area contributed by atoms with Crippen LogP contribution in [0.3, 0.4) is 0 Å². The number of hydrogen-bond acceptors (Lipinski definition) is 6. The molecule has 2 aromatic carbocycles. The molecule has 2 aromatic heterocycles. The highest BCUT2D eigenvalue weighted by atomic mass is 32.2. The number of sulfonamides is 1. The summed E-state index contributed by atoms with van der Waals surface area (Å²) < 4.78 is 40.8. The van der Waals surface area contributed by atoms with Crippen LogP contribution in [0.2, 0.25) is 0 Å². The number of rotatable bonds is 5. The molecule has 4 aromatic rings. The molecule has 0 atom stereocenters. The highest BCUT2D eigenvalue weighted by molar-refractivity contribution is 7.93. The van der Waals surface area contributed by atoms with E-state index in [4.69, 9.17) is 0 Å². The summed E-state index contributed by atoms with van der Waals surface area (Å²) in [7, 11) is -3.78. The van der Waals surface area contributed by atoms with Crippen molar-refractivity contribution in [1.29, 1.82) is 0 Å². The predicted molar refractivity (Wildman–Crippen MR) is 114 cm³/mol. The van der Waals surface area contributed by atoms with Gasteiger partial charge in [-0.3, -0.25) is 14.5 Å². The smallest absolute Gasteiger partial charge is 0.263 e. The molecule has 152 valence electrons. The highest BCUT2D eigenvalue weighted by Gasteiger charge is 2.17. The summed E-state index contributed by atoms with van der Waals surface area (Å²) in [6.45, 7) is 1.74. The Labute approximate surface area is 175 Å². The molecule has 1 amide bonds. The molecule has 4 rings (SSSR count). The third-order valence-corrected chi connectivity index (χ3v) is 6.39. The largest absolute Gasteiger partial charge is 0.322 e. The van der Waals surface area contributed by atoms with Crippen molar-refractivity contribution in [2.24, 2.45) is 0 Å². The zero-order valence-electron chi connectivity index (χ0n) is 15.6. The number of pyridine rings is 1. The van der Waals surface area contributed by atoms with Crippen LogP contribution >= 0.6 is 11.3 Å². The van der Waals surface area contributed by atoms with Gasteiger partial charge >= 0.3 is 0 Å². The van der Waals surface area contributed by atoms with Crippen molar-refractivity contribution in [1.82, 2.24) is 9.97 Å². The van der Waals surface area contributed by atoms with Gasteiger partial charge in [-0.1, -0.05) is 0 Å². The van der Waals surface area contributed by atoms with Gasteiger partial charge < -0.3 is 5.32 Å². The summed E-state index contributed by atoms with van der Waals surface area (Å²) in [6, 6.07) is 11.3. The van der Waals surface area contributed by atoms with Crippen LogP contribution in [0.4, 0.5) is 15.2 Å². The van der Waals surface area contributed by atoms with Crippen molar-refractivity contribution in [2.75, 3.05) is 10.0 Å². The van der Waals surface area contributed by atoms with Crippen LogP contribution in [0.1, 0.15) is 16.1 Å². The number of hydrogen-bond donors (Lipinski definition) is 2. The van der Waals surface area contributed by atoms with E-state index in [1.54, 1.807) is 18.4 Å². The molecule has 0 unspecified atom stereocenters. The molecular formula is C20H15FN4O3S2. The van der Waals surface area contributed by atoms with Gasteiger partial charge in [0.25, 0.3) is 15.9 Å². The summed E-state index contributed by atoms with van der Waals surface area (Å²) in [4.78, 5) is 21.0. The van der Waals surface area contributed by atoms with Gasteiger partial charge in [0, 0.05) is 28.3 Å². The Morgan fingerprint density at radius 2 is 1.87 bits per heavy atom. The first-order chi connectivity index (χ1) is 14.3. The van der Waals surface area contributed by atoms with Gasteiger partial charge in [-0.25, -0.2) is 17.8 Å². The van der Waals surface area contributed by atoms with Crippen molar-refractivity contribution in [3.63, 3.8) is 0 Å². The number of carbonyl (C=O) groups is 1. The Kier molecular flexibility index (Phi) is 5.18. The van der Waals surface area contributed by atoms with Crippen molar-refractivity contribution in [3.8, 4) is 0 Å². The second-order valence-electron chi connectivity index (χ2n) is 6.39.